The number of nitrogens with one attached hydrogen (secondary N) is 1. The molecule has 0 aromatic heterocycles. The molecule has 0 saturated carbocycles. The minimum Gasteiger partial charge on any atom is -0.497 e. The van der Waals surface area contributed by atoms with E-state index in [-0.39, 0.29) is 11.8 Å². The number of ether oxygens (including phenoxy) is 1. The molecule has 0 spiro atoms. The molecule has 1 fully saturated rings. The van der Waals surface area contributed by atoms with Crippen molar-refractivity contribution < 1.29 is 14.3 Å². The molecule has 0 unspecified atom stereocenters. The molecule has 0 aliphatic carbocycles. The van der Waals surface area contributed by atoms with Crippen LogP contribution < -0.4 is 15.0 Å². The van der Waals surface area contributed by atoms with Crippen molar-refractivity contribution in [3.05, 3.63) is 58.5 Å². The number of amides is 2. The quantitative estimate of drug-likeness (QED) is 0.614. The number of carbonyl (C=O) groups is 2. The molecule has 8 heteroatoms. The van der Waals surface area contributed by atoms with Crippen LogP contribution in [0.4, 0.5) is 5.69 Å². The number of hydrogen-bond acceptors (Lipinski definition) is 6. The zero-order chi connectivity index (χ0) is 24.1. The number of benzene rings is 2. The SMILES string of the molecule is CCN1CCN(CCNC(=O)c2ccc3c(c2)N(C)C(=O)/C(=C/c2ccc(OC)cc2)S3)CC1. The van der Waals surface area contributed by atoms with Crippen LogP contribution >= 0.6 is 11.8 Å². The van der Waals surface area contributed by atoms with Crippen LogP contribution in [0.1, 0.15) is 22.8 Å². The number of nitrogens with zero attached hydrogens (tertiary/aromatic N) is 3. The van der Waals surface area contributed by atoms with Gasteiger partial charge in [-0.25, -0.2) is 0 Å². The van der Waals surface area contributed by atoms with Gasteiger partial charge in [-0.2, -0.15) is 0 Å². The highest BCUT2D eigenvalue weighted by atomic mass is 32.2. The Labute approximate surface area is 205 Å². The summed E-state index contributed by atoms with van der Waals surface area (Å²) >= 11 is 1.43. The molecule has 1 saturated heterocycles. The average Bonchev–Trinajstić information content (AvgIpc) is 2.87. The van der Waals surface area contributed by atoms with Crippen molar-refractivity contribution in [2.75, 3.05) is 64.9 Å². The zero-order valence-electron chi connectivity index (χ0n) is 20.0. The van der Waals surface area contributed by atoms with Crippen molar-refractivity contribution in [1.82, 2.24) is 15.1 Å². The van der Waals surface area contributed by atoms with Crippen LogP contribution in [0.2, 0.25) is 0 Å². The number of anilines is 1. The van der Waals surface area contributed by atoms with Crippen LogP contribution in [0.3, 0.4) is 0 Å². The number of rotatable bonds is 7. The predicted octanol–water partition coefficient (Wildman–Crippen LogP) is 3.17. The lowest BCUT2D eigenvalue weighted by Crippen LogP contribution is -2.48. The summed E-state index contributed by atoms with van der Waals surface area (Å²) in [6.45, 7) is 9.00. The predicted molar refractivity (Wildman–Crippen MR) is 138 cm³/mol. The smallest absolute Gasteiger partial charge is 0.264 e. The lowest BCUT2D eigenvalue weighted by Gasteiger charge is -2.33. The van der Waals surface area contributed by atoms with E-state index in [1.807, 2.05) is 42.5 Å². The van der Waals surface area contributed by atoms with E-state index in [1.165, 1.54) is 11.8 Å². The summed E-state index contributed by atoms with van der Waals surface area (Å²) in [4.78, 5) is 33.8. The van der Waals surface area contributed by atoms with Crippen LogP contribution in [0.15, 0.2) is 52.3 Å². The number of fused-ring (bicyclic) bond motifs is 1. The van der Waals surface area contributed by atoms with Gasteiger partial charge in [0, 0.05) is 56.8 Å². The first-order valence-corrected chi connectivity index (χ1v) is 12.5. The Hall–Kier alpha value is -2.81. The molecule has 2 aromatic rings. The lowest BCUT2D eigenvalue weighted by molar-refractivity contribution is -0.114. The van der Waals surface area contributed by atoms with E-state index in [2.05, 4.69) is 22.0 Å². The molecule has 2 amide bonds. The Bertz CT molecular complexity index is 1060. The number of likely N-dealkylation sites (N-methyl/N-ethyl adjacent to an activating group) is 2. The maximum absolute atomic E-state index is 13.0. The van der Waals surface area contributed by atoms with Gasteiger partial charge in [-0.05, 0) is 48.5 Å². The van der Waals surface area contributed by atoms with Gasteiger partial charge >= 0.3 is 0 Å². The second-order valence-electron chi connectivity index (χ2n) is 8.46. The van der Waals surface area contributed by atoms with Crippen molar-refractivity contribution in [2.24, 2.45) is 0 Å². The van der Waals surface area contributed by atoms with Gasteiger partial charge in [0.2, 0.25) is 0 Å². The molecule has 7 nitrogen and oxygen atoms in total. The van der Waals surface area contributed by atoms with Gasteiger partial charge in [0.05, 0.1) is 17.7 Å². The van der Waals surface area contributed by atoms with Crippen LogP contribution in [0, 0.1) is 0 Å². The minimum absolute atomic E-state index is 0.0860. The van der Waals surface area contributed by atoms with Gasteiger partial charge in [-0.1, -0.05) is 30.8 Å². The van der Waals surface area contributed by atoms with E-state index in [1.54, 1.807) is 25.1 Å². The first-order valence-electron chi connectivity index (χ1n) is 11.7. The molecule has 1 N–H and O–H groups in total. The Morgan fingerprint density at radius 3 is 2.47 bits per heavy atom. The highest BCUT2D eigenvalue weighted by molar-refractivity contribution is 8.04. The summed E-state index contributed by atoms with van der Waals surface area (Å²) in [6.07, 6.45) is 1.88. The van der Waals surface area contributed by atoms with Crippen molar-refractivity contribution in [1.29, 1.82) is 0 Å². The topological polar surface area (TPSA) is 65.1 Å². The molecule has 34 heavy (non-hydrogen) atoms. The Morgan fingerprint density at radius 2 is 1.79 bits per heavy atom. The number of hydrogen-bond donors (Lipinski definition) is 1. The summed E-state index contributed by atoms with van der Waals surface area (Å²) in [5.74, 6) is 0.578. The number of carbonyl (C=O) groups excluding carboxylic acids is 2. The van der Waals surface area contributed by atoms with Gasteiger partial charge in [0.1, 0.15) is 5.75 Å². The third-order valence-corrected chi connectivity index (χ3v) is 7.43. The van der Waals surface area contributed by atoms with Gasteiger partial charge in [0.25, 0.3) is 11.8 Å². The fourth-order valence-corrected chi connectivity index (χ4v) is 5.24. The third kappa shape index (κ3) is 5.63. The Kier molecular flexibility index (Phi) is 7.92. The van der Waals surface area contributed by atoms with E-state index < -0.39 is 0 Å². The molecular formula is C26H32N4O3S. The summed E-state index contributed by atoms with van der Waals surface area (Å²) in [5.41, 5.74) is 2.25. The summed E-state index contributed by atoms with van der Waals surface area (Å²) in [7, 11) is 3.38. The molecule has 0 atom stereocenters. The standard InChI is InChI=1S/C26H32N4O3S/c1-4-29-13-15-30(16-14-29)12-11-27-25(31)20-7-10-23-22(18-20)28(2)26(32)24(34-23)17-19-5-8-21(33-3)9-6-19/h5-10,17-18H,4,11-16H2,1-3H3,(H,27,31)/b24-17-. The summed E-state index contributed by atoms with van der Waals surface area (Å²) < 4.78 is 5.20. The molecule has 4 rings (SSSR count). The van der Waals surface area contributed by atoms with Crippen molar-refractivity contribution in [3.63, 3.8) is 0 Å². The van der Waals surface area contributed by atoms with Gasteiger partial charge < -0.3 is 19.9 Å². The van der Waals surface area contributed by atoms with E-state index in [0.717, 1.165) is 61.2 Å². The molecule has 180 valence electrons. The average molecular weight is 481 g/mol. The zero-order valence-corrected chi connectivity index (χ0v) is 20.9. The highest BCUT2D eigenvalue weighted by Crippen LogP contribution is 2.42. The molecule has 2 aliphatic rings. The second-order valence-corrected chi connectivity index (χ2v) is 9.55. The van der Waals surface area contributed by atoms with Gasteiger partial charge in [-0.3, -0.25) is 14.5 Å². The molecular weight excluding hydrogens is 448 g/mol. The summed E-state index contributed by atoms with van der Waals surface area (Å²) in [5, 5.41) is 3.03. The molecule has 0 radical (unpaired) electrons. The first-order chi connectivity index (χ1) is 16.5. The van der Waals surface area contributed by atoms with Crippen molar-refractivity contribution >= 4 is 35.3 Å². The van der Waals surface area contributed by atoms with E-state index in [9.17, 15) is 9.59 Å². The molecule has 2 aliphatic heterocycles. The number of methoxy groups -OCH3 is 1. The normalized spacial score (nSPS) is 18.1. The van der Waals surface area contributed by atoms with Crippen LogP contribution in [-0.4, -0.2) is 81.6 Å². The number of thioether (sulfide) groups is 1. The third-order valence-electron chi connectivity index (χ3n) is 6.36. The maximum atomic E-state index is 13.0. The fourth-order valence-electron chi connectivity index (χ4n) is 4.15. The monoisotopic (exact) mass is 480 g/mol. The van der Waals surface area contributed by atoms with E-state index >= 15 is 0 Å². The van der Waals surface area contributed by atoms with Gasteiger partial charge in [0.15, 0.2) is 0 Å². The second kappa shape index (κ2) is 11.1. The first kappa shape index (κ1) is 24.3. The molecule has 2 aromatic carbocycles. The Morgan fingerprint density at radius 1 is 1.09 bits per heavy atom. The van der Waals surface area contributed by atoms with Crippen LogP contribution in [0.5, 0.6) is 5.75 Å². The van der Waals surface area contributed by atoms with Crippen LogP contribution in [0.25, 0.3) is 6.08 Å². The Balaban J connectivity index is 1.38. The van der Waals surface area contributed by atoms with Crippen molar-refractivity contribution in [3.8, 4) is 5.75 Å². The van der Waals surface area contributed by atoms with E-state index in [4.69, 9.17) is 4.74 Å². The molecule has 2 heterocycles. The summed E-state index contributed by atoms with van der Waals surface area (Å²) in [6, 6.07) is 13.1. The van der Waals surface area contributed by atoms with E-state index in [0.29, 0.717) is 17.0 Å². The maximum Gasteiger partial charge on any atom is 0.264 e. The van der Waals surface area contributed by atoms with Crippen LogP contribution in [-0.2, 0) is 4.79 Å². The highest BCUT2D eigenvalue weighted by Gasteiger charge is 2.27. The lowest BCUT2D eigenvalue weighted by atomic mass is 10.1. The fraction of sp³-hybridized carbons (Fsp3) is 0.385. The van der Waals surface area contributed by atoms with Crippen molar-refractivity contribution in [2.45, 2.75) is 11.8 Å². The number of piperazine rings is 1. The molecule has 0 bridgehead atoms. The minimum atomic E-state index is -0.111. The van der Waals surface area contributed by atoms with Gasteiger partial charge in [-0.15, -0.1) is 0 Å². The largest absolute Gasteiger partial charge is 0.497 e.